The van der Waals surface area contributed by atoms with Crippen LogP contribution in [0.4, 0.5) is 5.69 Å². The summed E-state index contributed by atoms with van der Waals surface area (Å²) in [6.07, 6.45) is 1.14. The first-order valence-electron chi connectivity index (χ1n) is 3.96. The molecule has 1 aromatic heterocycles. The molecule has 0 saturated heterocycles. The minimum absolute atomic E-state index is 0.0301. The van der Waals surface area contributed by atoms with Gasteiger partial charge in [-0.25, -0.2) is 9.78 Å². The summed E-state index contributed by atoms with van der Waals surface area (Å²) in [6.45, 7) is 1.84. The quantitative estimate of drug-likeness (QED) is 0.469. The Morgan fingerprint density at radius 1 is 1.60 bits per heavy atom. The van der Waals surface area contributed by atoms with E-state index in [0.717, 1.165) is 6.20 Å². The van der Waals surface area contributed by atoms with Crippen LogP contribution in [0.25, 0.3) is 0 Å². The van der Waals surface area contributed by atoms with E-state index >= 15 is 0 Å². The normalized spacial score (nSPS) is 9.80. The van der Waals surface area contributed by atoms with Crippen LogP contribution in [0.3, 0.4) is 0 Å². The third-order valence-corrected chi connectivity index (χ3v) is 2.19. The molecule has 0 radical (unpaired) electrons. The second kappa shape index (κ2) is 5.04. The van der Waals surface area contributed by atoms with E-state index < -0.39 is 5.97 Å². The molecule has 0 amide bonds. The number of carbonyl (C=O) groups is 1. The molecule has 0 bridgehead atoms. The zero-order valence-electron chi connectivity index (χ0n) is 7.66. The molecule has 0 aliphatic carbocycles. The van der Waals surface area contributed by atoms with Gasteiger partial charge in [0.25, 0.3) is 0 Å². The van der Waals surface area contributed by atoms with Gasteiger partial charge in [-0.15, -0.1) is 4.91 Å². The molecule has 1 rings (SSSR count). The summed E-state index contributed by atoms with van der Waals surface area (Å²) in [7, 11) is 0. The van der Waals surface area contributed by atoms with Gasteiger partial charge in [0, 0.05) is 6.20 Å². The predicted octanol–water partition coefficient (Wildman–Crippen LogP) is 2.96. The highest BCUT2D eigenvalue weighted by molar-refractivity contribution is 6.39. The minimum Gasteiger partial charge on any atom is -0.462 e. The molecule has 0 atom stereocenters. The average Bonchev–Trinajstić information content (AvgIpc) is 2.18. The molecule has 1 aromatic rings. The fourth-order valence-electron chi connectivity index (χ4n) is 0.886. The predicted molar refractivity (Wildman–Crippen MR) is 55.7 cm³/mol. The van der Waals surface area contributed by atoms with Crippen LogP contribution < -0.4 is 0 Å². The lowest BCUT2D eigenvalue weighted by Gasteiger charge is -2.04. The van der Waals surface area contributed by atoms with E-state index in [1.165, 1.54) is 0 Å². The second-order valence-electron chi connectivity index (χ2n) is 2.44. The summed E-state index contributed by atoms with van der Waals surface area (Å²) < 4.78 is 4.70. The molecule has 0 saturated carbocycles. The van der Waals surface area contributed by atoms with Gasteiger partial charge in [-0.3, -0.25) is 0 Å². The van der Waals surface area contributed by atoms with Crippen molar-refractivity contribution in [1.29, 1.82) is 0 Å². The van der Waals surface area contributed by atoms with Gasteiger partial charge >= 0.3 is 5.97 Å². The highest BCUT2D eigenvalue weighted by atomic mass is 35.5. The number of hydrogen-bond donors (Lipinski definition) is 0. The number of ether oxygens (including phenoxy) is 1. The van der Waals surface area contributed by atoms with Crippen molar-refractivity contribution in [1.82, 2.24) is 4.98 Å². The van der Waals surface area contributed by atoms with Crippen molar-refractivity contribution in [2.24, 2.45) is 5.18 Å². The van der Waals surface area contributed by atoms with Crippen LogP contribution in [0, 0.1) is 4.91 Å². The molecule has 0 aliphatic heterocycles. The number of nitrogens with zero attached hydrogens (tertiary/aromatic N) is 2. The molecule has 0 N–H and O–H groups in total. The Balaban J connectivity index is 3.21. The number of aromatic nitrogens is 1. The van der Waals surface area contributed by atoms with Crippen molar-refractivity contribution in [3.63, 3.8) is 0 Å². The van der Waals surface area contributed by atoms with Gasteiger partial charge in [0.05, 0.1) is 17.2 Å². The summed E-state index contributed by atoms with van der Waals surface area (Å²) in [5, 5.41) is 2.29. The van der Waals surface area contributed by atoms with Crippen LogP contribution in [-0.4, -0.2) is 17.6 Å². The van der Waals surface area contributed by atoms with Crippen LogP contribution in [0.5, 0.6) is 0 Å². The summed E-state index contributed by atoms with van der Waals surface area (Å²) in [4.78, 5) is 25.3. The van der Waals surface area contributed by atoms with Gasteiger partial charge < -0.3 is 4.74 Å². The summed E-state index contributed by atoms with van der Waals surface area (Å²) in [5.74, 6) is -0.670. The van der Waals surface area contributed by atoms with Gasteiger partial charge in [0.15, 0.2) is 10.8 Å². The molecule has 1 heterocycles. The molecular formula is C8H6Cl2N2O3. The first-order chi connectivity index (χ1) is 7.11. The van der Waals surface area contributed by atoms with Gasteiger partial charge in [-0.2, -0.15) is 0 Å². The maximum absolute atomic E-state index is 11.3. The highest BCUT2D eigenvalue weighted by Crippen LogP contribution is 2.33. The molecule has 80 valence electrons. The Kier molecular flexibility index (Phi) is 3.99. The van der Waals surface area contributed by atoms with Crippen molar-refractivity contribution < 1.29 is 9.53 Å². The van der Waals surface area contributed by atoms with Crippen LogP contribution in [-0.2, 0) is 4.74 Å². The first-order valence-corrected chi connectivity index (χ1v) is 4.71. The molecule has 15 heavy (non-hydrogen) atoms. The maximum Gasteiger partial charge on any atom is 0.341 e. The Morgan fingerprint density at radius 2 is 2.27 bits per heavy atom. The van der Waals surface area contributed by atoms with Crippen LogP contribution in [0.15, 0.2) is 11.4 Å². The van der Waals surface area contributed by atoms with Gasteiger partial charge in [0.1, 0.15) is 0 Å². The summed E-state index contributed by atoms with van der Waals surface area (Å²) >= 11 is 11.3. The van der Waals surface area contributed by atoms with Crippen LogP contribution in [0.1, 0.15) is 17.3 Å². The Bertz CT molecular complexity index is 409. The standard InChI is InChI=1S/C8H6Cl2N2O3/c1-2-15-8(13)4-3-11-7(10)6(12-14)5(4)9/h3H,2H2,1H3. The lowest BCUT2D eigenvalue weighted by Crippen LogP contribution is -2.06. The molecule has 7 heteroatoms. The molecule has 0 unspecified atom stereocenters. The minimum atomic E-state index is -0.670. The number of esters is 1. The van der Waals surface area contributed by atoms with E-state index in [1.54, 1.807) is 6.92 Å². The Hall–Kier alpha value is -1.20. The number of pyridine rings is 1. The third kappa shape index (κ3) is 2.43. The lowest BCUT2D eigenvalue weighted by atomic mass is 10.2. The van der Waals surface area contributed by atoms with E-state index in [1.807, 2.05) is 0 Å². The Labute approximate surface area is 95.3 Å². The zero-order chi connectivity index (χ0) is 11.4. The zero-order valence-corrected chi connectivity index (χ0v) is 9.17. The number of nitroso groups, excluding NO2 is 1. The molecule has 0 aromatic carbocycles. The molecule has 0 spiro atoms. The maximum atomic E-state index is 11.3. The second-order valence-corrected chi connectivity index (χ2v) is 3.17. The van der Waals surface area contributed by atoms with Gasteiger partial charge in [-0.05, 0) is 12.1 Å². The van der Waals surface area contributed by atoms with Gasteiger partial charge in [0.2, 0.25) is 0 Å². The van der Waals surface area contributed by atoms with Crippen molar-refractivity contribution in [2.75, 3.05) is 6.61 Å². The number of rotatable bonds is 3. The smallest absolute Gasteiger partial charge is 0.341 e. The molecule has 0 fully saturated rings. The largest absolute Gasteiger partial charge is 0.462 e. The van der Waals surface area contributed by atoms with E-state index in [0.29, 0.717) is 0 Å². The van der Waals surface area contributed by atoms with Crippen molar-refractivity contribution in [3.8, 4) is 0 Å². The summed E-state index contributed by atoms with van der Waals surface area (Å²) in [6, 6.07) is 0. The number of carbonyl (C=O) groups excluding carboxylic acids is 1. The number of halogens is 2. The van der Waals surface area contributed by atoms with Crippen molar-refractivity contribution in [3.05, 3.63) is 26.8 Å². The first kappa shape index (κ1) is 11.9. The fourth-order valence-corrected chi connectivity index (χ4v) is 1.36. The monoisotopic (exact) mass is 248 g/mol. The van der Waals surface area contributed by atoms with E-state index in [-0.39, 0.29) is 28.0 Å². The van der Waals surface area contributed by atoms with Crippen LogP contribution in [0.2, 0.25) is 10.2 Å². The van der Waals surface area contributed by atoms with E-state index in [2.05, 4.69) is 10.2 Å². The van der Waals surface area contributed by atoms with Crippen LogP contribution >= 0.6 is 23.2 Å². The van der Waals surface area contributed by atoms with E-state index in [4.69, 9.17) is 27.9 Å². The van der Waals surface area contributed by atoms with Gasteiger partial charge in [-0.1, -0.05) is 23.2 Å². The number of hydrogen-bond acceptors (Lipinski definition) is 5. The highest BCUT2D eigenvalue weighted by Gasteiger charge is 2.18. The van der Waals surface area contributed by atoms with Crippen molar-refractivity contribution in [2.45, 2.75) is 6.92 Å². The molecule has 0 aliphatic rings. The average molecular weight is 249 g/mol. The van der Waals surface area contributed by atoms with Crippen molar-refractivity contribution >= 4 is 34.9 Å². The molecule has 5 nitrogen and oxygen atoms in total. The third-order valence-electron chi connectivity index (χ3n) is 1.53. The summed E-state index contributed by atoms with van der Waals surface area (Å²) in [5.41, 5.74) is -0.290. The topological polar surface area (TPSA) is 68.6 Å². The fraction of sp³-hybridized carbons (Fsp3) is 0.250. The molecular weight excluding hydrogens is 243 g/mol. The SMILES string of the molecule is CCOC(=O)c1cnc(Cl)c(N=O)c1Cl. The Morgan fingerprint density at radius 3 is 2.80 bits per heavy atom. The van der Waals surface area contributed by atoms with E-state index in [9.17, 15) is 9.70 Å². The lowest BCUT2D eigenvalue weighted by molar-refractivity contribution is 0.0526.